The number of rotatable bonds is 5. The molecule has 1 saturated heterocycles. The first-order valence-corrected chi connectivity index (χ1v) is 7.97. The lowest BCUT2D eigenvalue weighted by atomic mass is 10.0. The number of carbonyl (C=O) groups excluding carboxylic acids is 1. The summed E-state index contributed by atoms with van der Waals surface area (Å²) < 4.78 is 1.53. The number of carbonyl (C=O) groups is 1. The van der Waals surface area contributed by atoms with Gasteiger partial charge in [0.2, 0.25) is 5.91 Å². The first-order chi connectivity index (χ1) is 11.2. The molecule has 1 aliphatic heterocycles. The van der Waals surface area contributed by atoms with Crippen LogP contribution in [0.15, 0.2) is 30.3 Å². The van der Waals surface area contributed by atoms with Gasteiger partial charge in [-0.15, -0.1) is 5.10 Å². The molecule has 0 radical (unpaired) electrons. The minimum Gasteiger partial charge on any atom is -0.353 e. The second-order valence-corrected chi connectivity index (χ2v) is 6.00. The molecule has 2 heterocycles. The summed E-state index contributed by atoms with van der Waals surface area (Å²) in [5, 5.41) is 14.2. The lowest BCUT2D eigenvalue weighted by Crippen LogP contribution is -2.44. The second-order valence-electron chi connectivity index (χ2n) is 6.00. The average molecular weight is 314 g/mol. The van der Waals surface area contributed by atoms with Crippen LogP contribution in [0.25, 0.3) is 0 Å². The third kappa shape index (κ3) is 4.35. The van der Waals surface area contributed by atoms with E-state index in [1.807, 2.05) is 6.07 Å². The number of benzene rings is 1. The molecule has 0 unspecified atom stereocenters. The smallest absolute Gasteiger partial charge is 0.227 e. The van der Waals surface area contributed by atoms with E-state index < -0.39 is 0 Å². The monoisotopic (exact) mass is 314 g/mol. The van der Waals surface area contributed by atoms with Crippen molar-refractivity contribution in [3.05, 3.63) is 41.7 Å². The molecule has 1 amide bonds. The zero-order valence-corrected chi connectivity index (χ0v) is 13.4. The van der Waals surface area contributed by atoms with E-state index in [4.69, 9.17) is 0 Å². The fourth-order valence-electron chi connectivity index (χ4n) is 2.90. The van der Waals surface area contributed by atoms with Crippen LogP contribution in [0.5, 0.6) is 0 Å². The van der Waals surface area contributed by atoms with E-state index in [1.54, 1.807) is 7.05 Å². The summed E-state index contributed by atoms with van der Waals surface area (Å²) in [6.45, 7) is 2.99. The summed E-state index contributed by atoms with van der Waals surface area (Å²) in [5.41, 5.74) is 1.34. The molecule has 0 bridgehead atoms. The van der Waals surface area contributed by atoms with E-state index in [0.717, 1.165) is 32.5 Å². The zero-order chi connectivity index (χ0) is 16.1. The molecular formula is C16H22N6O. The van der Waals surface area contributed by atoms with Gasteiger partial charge < -0.3 is 5.32 Å². The minimum atomic E-state index is -0.00981. The van der Waals surface area contributed by atoms with Gasteiger partial charge in [-0.1, -0.05) is 30.3 Å². The molecule has 3 rings (SSSR count). The largest absolute Gasteiger partial charge is 0.353 e. The third-order valence-corrected chi connectivity index (χ3v) is 4.23. The molecule has 122 valence electrons. The standard InChI is InChI=1S/C16H22N6O/c1-21-15(18-19-20-21)11-16(23)17-14-7-9-22(10-8-14)12-13-5-3-2-4-6-13/h2-6,14H,7-12H2,1H3,(H,17,23). The van der Waals surface area contributed by atoms with Crippen LogP contribution in [0.2, 0.25) is 0 Å². The van der Waals surface area contributed by atoms with Crippen molar-refractivity contribution in [2.75, 3.05) is 13.1 Å². The van der Waals surface area contributed by atoms with Gasteiger partial charge in [0.25, 0.3) is 0 Å². The maximum Gasteiger partial charge on any atom is 0.227 e. The van der Waals surface area contributed by atoms with Gasteiger partial charge in [-0.2, -0.15) is 0 Å². The SMILES string of the molecule is Cn1nnnc1CC(=O)NC1CCN(Cc2ccccc2)CC1. The zero-order valence-electron chi connectivity index (χ0n) is 13.4. The molecule has 0 saturated carbocycles. The lowest BCUT2D eigenvalue weighted by molar-refractivity contribution is -0.121. The van der Waals surface area contributed by atoms with Crippen LogP contribution < -0.4 is 5.32 Å². The Balaban J connectivity index is 1.42. The first-order valence-electron chi connectivity index (χ1n) is 7.97. The van der Waals surface area contributed by atoms with Crippen LogP contribution in [-0.2, 0) is 24.8 Å². The molecule has 1 N–H and O–H groups in total. The van der Waals surface area contributed by atoms with E-state index in [1.165, 1.54) is 10.2 Å². The number of nitrogens with zero attached hydrogens (tertiary/aromatic N) is 5. The van der Waals surface area contributed by atoms with Crippen molar-refractivity contribution >= 4 is 5.91 Å². The van der Waals surface area contributed by atoms with Gasteiger partial charge in [-0.25, -0.2) is 4.68 Å². The molecule has 0 spiro atoms. The molecule has 0 aliphatic carbocycles. The molecule has 1 aliphatic rings. The number of tetrazole rings is 1. The molecule has 2 aromatic rings. The highest BCUT2D eigenvalue weighted by atomic mass is 16.1. The number of piperidine rings is 1. The summed E-state index contributed by atoms with van der Waals surface area (Å²) in [5.74, 6) is 0.577. The Hall–Kier alpha value is -2.28. The Morgan fingerprint density at radius 3 is 2.65 bits per heavy atom. The topological polar surface area (TPSA) is 75.9 Å². The van der Waals surface area contributed by atoms with E-state index in [-0.39, 0.29) is 18.4 Å². The Morgan fingerprint density at radius 2 is 2.00 bits per heavy atom. The van der Waals surface area contributed by atoms with E-state index >= 15 is 0 Å². The van der Waals surface area contributed by atoms with Gasteiger partial charge in [0.05, 0.1) is 6.42 Å². The molecule has 1 aromatic heterocycles. The summed E-state index contributed by atoms with van der Waals surface area (Å²) >= 11 is 0. The quantitative estimate of drug-likeness (QED) is 0.871. The van der Waals surface area contributed by atoms with Crippen molar-refractivity contribution in [2.45, 2.75) is 31.8 Å². The van der Waals surface area contributed by atoms with Crippen molar-refractivity contribution in [1.82, 2.24) is 30.4 Å². The highest BCUT2D eigenvalue weighted by Crippen LogP contribution is 2.14. The second kappa shape index (κ2) is 7.32. The molecule has 7 heteroatoms. The summed E-state index contributed by atoms with van der Waals surface area (Å²) in [4.78, 5) is 14.5. The summed E-state index contributed by atoms with van der Waals surface area (Å²) in [6, 6.07) is 10.7. The van der Waals surface area contributed by atoms with Crippen LogP contribution in [-0.4, -0.2) is 50.1 Å². The van der Waals surface area contributed by atoms with Crippen molar-refractivity contribution in [3.63, 3.8) is 0 Å². The van der Waals surface area contributed by atoms with Gasteiger partial charge in [-0.3, -0.25) is 9.69 Å². The Kier molecular flexibility index (Phi) is 4.97. The fourth-order valence-corrected chi connectivity index (χ4v) is 2.90. The van der Waals surface area contributed by atoms with Crippen LogP contribution in [0.3, 0.4) is 0 Å². The predicted molar refractivity (Wildman–Crippen MR) is 85.4 cm³/mol. The number of nitrogens with one attached hydrogen (secondary N) is 1. The van der Waals surface area contributed by atoms with E-state index in [9.17, 15) is 4.79 Å². The van der Waals surface area contributed by atoms with Crippen LogP contribution in [0.4, 0.5) is 0 Å². The normalized spacial score (nSPS) is 16.4. The van der Waals surface area contributed by atoms with Gasteiger partial charge in [0, 0.05) is 32.7 Å². The molecule has 0 atom stereocenters. The number of likely N-dealkylation sites (tertiary alicyclic amines) is 1. The molecular weight excluding hydrogens is 292 g/mol. The fraction of sp³-hybridized carbons (Fsp3) is 0.500. The van der Waals surface area contributed by atoms with Gasteiger partial charge in [0.15, 0.2) is 5.82 Å². The average Bonchev–Trinajstić information content (AvgIpc) is 2.95. The van der Waals surface area contributed by atoms with Gasteiger partial charge in [-0.05, 0) is 28.8 Å². The van der Waals surface area contributed by atoms with Crippen LogP contribution in [0, 0.1) is 0 Å². The summed E-state index contributed by atoms with van der Waals surface area (Å²) in [6.07, 6.45) is 2.19. The maximum atomic E-state index is 12.1. The van der Waals surface area contributed by atoms with Crippen molar-refractivity contribution < 1.29 is 4.79 Å². The Morgan fingerprint density at radius 1 is 1.26 bits per heavy atom. The number of amides is 1. The van der Waals surface area contributed by atoms with Crippen molar-refractivity contribution in [3.8, 4) is 0 Å². The molecule has 1 fully saturated rings. The highest BCUT2D eigenvalue weighted by Gasteiger charge is 2.21. The first kappa shape index (κ1) is 15.6. The van der Waals surface area contributed by atoms with Gasteiger partial charge in [0.1, 0.15) is 0 Å². The minimum absolute atomic E-state index is 0.00981. The number of aryl methyl sites for hydroxylation is 1. The maximum absolute atomic E-state index is 12.1. The van der Waals surface area contributed by atoms with Gasteiger partial charge >= 0.3 is 0 Å². The molecule has 23 heavy (non-hydrogen) atoms. The third-order valence-electron chi connectivity index (χ3n) is 4.23. The number of aromatic nitrogens is 4. The van der Waals surface area contributed by atoms with E-state index in [2.05, 4.69) is 50.0 Å². The summed E-state index contributed by atoms with van der Waals surface area (Å²) in [7, 11) is 1.74. The predicted octanol–water partition coefficient (Wildman–Crippen LogP) is 0.533. The van der Waals surface area contributed by atoms with Crippen molar-refractivity contribution in [2.24, 2.45) is 7.05 Å². The molecule has 7 nitrogen and oxygen atoms in total. The van der Waals surface area contributed by atoms with E-state index in [0.29, 0.717) is 5.82 Å². The highest BCUT2D eigenvalue weighted by molar-refractivity contribution is 5.78. The number of hydrogen-bond acceptors (Lipinski definition) is 5. The number of hydrogen-bond donors (Lipinski definition) is 1. The molecule has 1 aromatic carbocycles. The van der Waals surface area contributed by atoms with Crippen LogP contribution in [0.1, 0.15) is 24.2 Å². The lowest BCUT2D eigenvalue weighted by Gasteiger charge is -2.32. The van der Waals surface area contributed by atoms with Crippen LogP contribution >= 0.6 is 0 Å². The Labute approximate surface area is 135 Å². The van der Waals surface area contributed by atoms with Crippen molar-refractivity contribution in [1.29, 1.82) is 0 Å². The Bertz CT molecular complexity index is 633.